The van der Waals surface area contributed by atoms with Gasteiger partial charge in [-0.3, -0.25) is 4.79 Å². The zero-order chi connectivity index (χ0) is 17.5. The zero-order valence-electron chi connectivity index (χ0n) is 13.5. The predicted molar refractivity (Wildman–Crippen MR) is 85.6 cm³/mol. The molecule has 0 atom stereocenters. The van der Waals surface area contributed by atoms with Gasteiger partial charge in [0.05, 0.1) is 19.3 Å². The smallest absolute Gasteiger partial charge is 0.338 e. The number of nitrogens with one attached hydrogen (secondary N) is 1. The van der Waals surface area contributed by atoms with E-state index in [0.29, 0.717) is 18.1 Å². The highest BCUT2D eigenvalue weighted by Crippen LogP contribution is 2.28. The minimum atomic E-state index is -1.15. The fraction of sp³-hybridized carbons (Fsp3) is 0.294. The number of methoxy groups -OCH3 is 1. The second-order valence-electron chi connectivity index (χ2n) is 5.02. The van der Waals surface area contributed by atoms with Gasteiger partial charge in [0.15, 0.2) is 17.3 Å². The third-order valence-electron chi connectivity index (χ3n) is 3.21. The van der Waals surface area contributed by atoms with Crippen LogP contribution in [0.2, 0.25) is 0 Å². The fourth-order valence-corrected chi connectivity index (χ4v) is 1.99. The maximum absolute atomic E-state index is 12.0. The van der Waals surface area contributed by atoms with Crippen molar-refractivity contribution in [3.8, 4) is 11.5 Å². The minimum absolute atomic E-state index is 0.0535. The van der Waals surface area contributed by atoms with Crippen LogP contribution in [0.1, 0.15) is 39.8 Å². The summed E-state index contributed by atoms with van der Waals surface area (Å²) in [5, 5.41) is 11.5. The Morgan fingerprint density at radius 1 is 1.25 bits per heavy atom. The molecule has 7 heteroatoms. The Morgan fingerprint density at radius 3 is 2.67 bits per heavy atom. The number of carbonyl (C=O) groups is 2. The first-order valence-corrected chi connectivity index (χ1v) is 7.45. The van der Waals surface area contributed by atoms with E-state index in [1.165, 1.54) is 6.07 Å². The summed E-state index contributed by atoms with van der Waals surface area (Å²) >= 11 is 0. The maximum atomic E-state index is 12.0. The Kier molecular flexibility index (Phi) is 5.83. The standard InChI is InChI=1S/C17H19NO6/c1-3-6-23-13-5-4-11(7-14(13)22-2)9-18-16(19)15-8-12(10-24-15)17(20)21/h4-5,7-8,10H,3,6,9H2,1-2H3,(H,18,19)(H,20,21). The summed E-state index contributed by atoms with van der Waals surface area (Å²) < 4.78 is 15.8. The monoisotopic (exact) mass is 333 g/mol. The lowest BCUT2D eigenvalue weighted by atomic mass is 10.2. The van der Waals surface area contributed by atoms with Crippen molar-refractivity contribution in [3.05, 3.63) is 47.4 Å². The average molecular weight is 333 g/mol. The van der Waals surface area contributed by atoms with E-state index in [1.807, 2.05) is 13.0 Å². The molecule has 24 heavy (non-hydrogen) atoms. The zero-order valence-corrected chi connectivity index (χ0v) is 13.5. The quantitative estimate of drug-likeness (QED) is 0.771. The van der Waals surface area contributed by atoms with Gasteiger partial charge in [0, 0.05) is 12.6 Å². The van der Waals surface area contributed by atoms with Gasteiger partial charge in [-0.15, -0.1) is 0 Å². The molecule has 0 aliphatic rings. The van der Waals surface area contributed by atoms with Crippen LogP contribution in [0, 0.1) is 0 Å². The topological polar surface area (TPSA) is 98.0 Å². The van der Waals surface area contributed by atoms with Crippen molar-refractivity contribution in [3.63, 3.8) is 0 Å². The van der Waals surface area contributed by atoms with Crippen molar-refractivity contribution >= 4 is 11.9 Å². The highest BCUT2D eigenvalue weighted by Gasteiger charge is 2.14. The van der Waals surface area contributed by atoms with E-state index >= 15 is 0 Å². The van der Waals surface area contributed by atoms with Crippen LogP contribution < -0.4 is 14.8 Å². The molecule has 0 bridgehead atoms. The molecule has 0 fully saturated rings. The molecule has 0 spiro atoms. The van der Waals surface area contributed by atoms with E-state index in [-0.39, 0.29) is 17.9 Å². The molecule has 0 aliphatic carbocycles. The van der Waals surface area contributed by atoms with Crippen molar-refractivity contribution in [2.24, 2.45) is 0 Å². The van der Waals surface area contributed by atoms with E-state index in [1.54, 1.807) is 19.2 Å². The number of amides is 1. The normalized spacial score (nSPS) is 10.2. The first-order chi connectivity index (χ1) is 11.5. The van der Waals surface area contributed by atoms with E-state index in [0.717, 1.165) is 18.2 Å². The summed E-state index contributed by atoms with van der Waals surface area (Å²) in [6.45, 7) is 2.85. The molecule has 2 N–H and O–H groups in total. The van der Waals surface area contributed by atoms with Crippen LogP contribution in [-0.2, 0) is 6.54 Å². The summed E-state index contributed by atoms with van der Waals surface area (Å²) in [6, 6.07) is 6.56. The van der Waals surface area contributed by atoms with Crippen LogP contribution in [0.15, 0.2) is 34.9 Å². The van der Waals surface area contributed by atoms with Gasteiger partial charge in [0.1, 0.15) is 6.26 Å². The van der Waals surface area contributed by atoms with E-state index in [9.17, 15) is 9.59 Å². The second kappa shape index (κ2) is 8.05. The molecule has 2 aromatic rings. The van der Waals surface area contributed by atoms with Crippen molar-refractivity contribution in [1.29, 1.82) is 0 Å². The van der Waals surface area contributed by atoms with Gasteiger partial charge < -0.3 is 24.3 Å². The summed E-state index contributed by atoms with van der Waals surface area (Å²) in [7, 11) is 1.55. The predicted octanol–water partition coefficient (Wildman–Crippen LogP) is 2.71. The number of aromatic carboxylic acids is 1. The summed E-state index contributed by atoms with van der Waals surface area (Å²) in [4.78, 5) is 22.7. The number of hydrogen-bond acceptors (Lipinski definition) is 5. The number of carboxylic acid groups (broad SMARTS) is 1. The minimum Gasteiger partial charge on any atom is -0.493 e. The van der Waals surface area contributed by atoms with Gasteiger partial charge in [-0.25, -0.2) is 4.79 Å². The van der Waals surface area contributed by atoms with Gasteiger partial charge in [-0.1, -0.05) is 13.0 Å². The highest BCUT2D eigenvalue weighted by atomic mass is 16.5. The molecule has 0 unspecified atom stereocenters. The van der Waals surface area contributed by atoms with Crippen molar-refractivity contribution in [2.75, 3.05) is 13.7 Å². The Hall–Kier alpha value is -2.96. The number of ether oxygens (including phenoxy) is 2. The number of carbonyl (C=O) groups excluding carboxylic acids is 1. The number of hydrogen-bond donors (Lipinski definition) is 2. The molecule has 1 aromatic heterocycles. The van der Waals surface area contributed by atoms with Crippen LogP contribution in [0.25, 0.3) is 0 Å². The third-order valence-corrected chi connectivity index (χ3v) is 3.21. The Balaban J connectivity index is 2.00. The van der Waals surface area contributed by atoms with Crippen LogP contribution in [-0.4, -0.2) is 30.7 Å². The van der Waals surface area contributed by atoms with Gasteiger partial charge in [-0.05, 0) is 24.1 Å². The molecule has 128 valence electrons. The molecule has 1 amide bonds. The van der Waals surface area contributed by atoms with Crippen molar-refractivity contribution < 1.29 is 28.6 Å². The molecule has 0 saturated heterocycles. The van der Waals surface area contributed by atoms with Crippen molar-refractivity contribution in [2.45, 2.75) is 19.9 Å². The molecule has 1 aromatic carbocycles. The summed E-state index contributed by atoms with van der Waals surface area (Å²) in [5.41, 5.74) is 0.744. The molecule has 1 heterocycles. The molecule has 0 aliphatic heterocycles. The largest absolute Gasteiger partial charge is 0.493 e. The molecule has 7 nitrogen and oxygen atoms in total. The van der Waals surface area contributed by atoms with Gasteiger partial charge >= 0.3 is 5.97 Å². The Labute approximate surface area is 139 Å². The summed E-state index contributed by atoms with van der Waals surface area (Å²) in [5.74, 6) is -0.465. The molecular formula is C17H19NO6. The first kappa shape index (κ1) is 17.4. The van der Waals surface area contributed by atoms with Crippen LogP contribution in [0.4, 0.5) is 0 Å². The van der Waals surface area contributed by atoms with Gasteiger partial charge in [0.2, 0.25) is 0 Å². The number of furan rings is 1. The number of rotatable bonds is 8. The van der Waals surface area contributed by atoms with Gasteiger partial charge in [0.25, 0.3) is 5.91 Å². The first-order valence-electron chi connectivity index (χ1n) is 7.45. The molecule has 0 saturated carbocycles. The average Bonchev–Trinajstić information content (AvgIpc) is 3.08. The fourth-order valence-electron chi connectivity index (χ4n) is 1.99. The highest BCUT2D eigenvalue weighted by molar-refractivity contribution is 5.95. The van der Waals surface area contributed by atoms with Crippen LogP contribution in [0.5, 0.6) is 11.5 Å². The van der Waals surface area contributed by atoms with Crippen LogP contribution >= 0.6 is 0 Å². The SMILES string of the molecule is CCCOc1ccc(CNC(=O)c2cc(C(=O)O)co2)cc1OC. The summed E-state index contributed by atoms with van der Waals surface area (Å²) in [6.07, 6.45) is 1.92. The lowest BCUT2D eigenvalue weighted by Crippen LogP contribution is -2.22. The lowest BCUT2D eigenvalue weighted by Gasteiger charge is -2.12. The maximum Gasteiger partial charge on any atom is 0.338 e. The molecule has 0 radical (unpaired) electrons. The van der Waals surface area contributed by atoms with Crippen LogP contribution in [0.3, 0.4) is 0 Å². The molecular weight excluding hydrogens is 314 g/mol. The molecule has 2 rings (SSSR count). The van der Waals surface area contributed by atoms with E-state index in [2.05, 4.69) is 5.32 Å². The third kappa shape index (κ3) is 4.28. The Morgan fingerprint density at radius 2 is 2.04 bits per heavy atom. The number of carboxylic acids is 1. The van der Waals surface area contributed by atoms with E-state index in [4.69, 9.17) is 19.0 Å². The lowest BCUT2D eigenvalue weighted by molar-refractivity contribution is 0.0696. The Bertz CT molecular complexity index is 722. The van der Waals surface area contributed by atoms with Gasteiger partial charge in [-0.2, -0.15) is 0 Å². The number of benzene rings is 1. The van der Waals surface area contributed by atoms with E-state index < -0.39 is 11.9 Å². The van der Waals surface area contributed by atoms with Crippen molar-refractivity contribution in [1.82, 2.24) is 5.32 Å². The second-order valence-corrected chi connectivity index (χ2v) is 5.02.